The van der Waals surface area contributed by atoms with Gasteiger partial charge in [0.15, 0.2) is 5.78 Å². The first-order chi connectivity index (χ1) is 17.1. The van der Waals surface area contributed by atoms with Gasteiger partial charge in [0.25, 0.3) is 0 Å². The predicted molar refractivity (Wildman–Crippen MR) is 137 cm³/mol. The van der Waals surface area contributed by atoms with Crippen LogP contribution in [0.4, 0.5) is 8.78 Å². The lowest BCUT2D eigenvalue weighted by atomic mass is 9.95. The van der Waals surface area contributed by atoms with E-state index in [1.165, 1.54) is 39.9 Å². The number of methoxy groups -OCH3 is 1. The molecule has 1 aliphatic carbocycles. The standard InChI is InChI=1S/C29H34F2N2O3/c1-6-7-26(30)36-25-15-20(22-17-32-27-16-21(29(3,4)31)12-13-33(22)27)14-24(35-5)28(25)23(34)11-8-18(2)19-9-10-19/h6,12-19,26H,1,7-11H2,2-5H3. The number of hydrogen-bond acceptors (Lipinski definition) is 4. The summed E-state index contributed by atoms with van der Waals surface area (Å²) in [7, 11) is 1.48. The van der Waals surface area contributed by atoms with Crippen LogP contribution in [0.2, 0.25) is 0 Å². The summed E-state index contributed by atoms with van der Waals surface area (Å²) < 4.78 is 42.1. The SMILES string of the molecule is C=CCC(F)Oc1cc(-c2cnc3cc(C(C)(C)F)ccn23)cc(OC)c1C(=O)CCC(C)C1CC1. The van der Waals surface area contributed by atoms with Gasteiger partial charge in [-0.3, -0.25) is 9.20 Å². The van der Waals surface area contributed by atoms with Gasteiger partial charge in [0, 0.05) is 24.6 Å². The van der Waals surface area contributed by atoms with Crippen molar-refractivity contribution in [2.24, 2.45) is 11.8 Å². The van der Waals surface area contributed by atoms with E-state index in [0.717, 1.165) is 6.42 Å². The number of benzene rings is 1. The Bertz CT molecular complexity index is 1260. The zero-order chi connectivity index (χ0) is 26.0. The molecule has 192 valence electrons. The zero-order valence-corrected chi connectivity index (χ0v) is 21.4. The molecule has 36 heavy (non-hydrogen) atoms. The smallest absolute Gasteiger partial charge is 0.241 e. The lowest BCUT2D eigenvalue weighted by Gasteiger charge is -2.19. The van der Waals surface area contributed by atoms with Crippen molar-refractivity contribution in [1.82, 2.24) is 9.38 Å². The number of rotatable bonds is 12. The molecule has 0 radical (unpaired) electrons. The highest BCUT2D eigenvalue weighted by atomic mass is 19.1. The Labute approximate surface area is 211 Å². The van der Waals surface area contributed by atoms with Crippen molar-refractivity contribution in [3.63, 3.8) is 0 Å². The van der Waals surface area contributed by atoms with Crippen LogP contribution in [-0.4, -0.2) is 28.6 Å². The van der Waals surface area contributed by atoms with E-state index in [1.54, 1.807) is 36.7 Å². The molecule has 2 aromatic heterocycles. The summed E-state index contributed by atoms with van der Waals surface area (Å²) >= 11 is 0. The van der Waals surface area contributed by atoms with Crippen molar-refractivity contribution in [2.45, 2.75) is 64.9 Å². The highest BCUT2D eigenvalue weighted by Crippen LogP contribution is 2.41. The molecule has 2 atom stereocenters. The topological polar surface area (TPSA) is 52.8 Å². The number of fused-ring (bicyclic) bond motifs is 1. The van der Waals surface area contributed by atoms with Gasteiger partial charge in [-0.15, -0.1) is 6.58 Å². The minimum Gasteiger partial charge on any atom is -0.496 e. The summed E-state index contributed by atoms with van der Waals surface area (Å²) in [5, 5.41) is 0. The Morgan fingerprint density at radius 1 is 1.31 bits per heavy atom. The van der Waals surface area contributed by atoms with Gasteiger partial charge in [-0.2, -0.15) is 0 Å². The second-order valence-electron chi connectivity index (χ2n) is 10.1. The van der Waals surface area contributed by atoms with Crippen LogP contribution < -0.4 is 9.47 Å². The molecule has 0 bridgehead atoms. The molecule has 2 unspecified atom stereocenters. The lowest BCUT2D eigenvalue weighted by molar-refractivity contribution is 0.0683. The molecule has 0 saturated heterocycles. The van der Waals surface area contributed by atoms with E-state index in [-0.39, 0.29) is 23.5 Å². The predicted octanol–water partition coefficient (Wildman–Crippen LogP) is 7.47. The number of nitrogens with zero attached hydrogens (tertiary/aromatic N) is 2. The van der Waals surface area contributed by atoms with Gasteiger partial charge in [-0.05, 0) is 74.8 Å². The van der Waals surface area contributed by atoms with E-state index < -0.39 is 12.0 Å². The van der Waals surface area contributed by atoms with Crippen molar-refractivity contribution in [2.75, 3.05) is 7.11 Å². The quantitative estimate of drug-likeness (QED) is 0.193. The number of carbonyl (C=O) groups is 1. The third kappa shape index (κ3) is 5.61. The van der Waals surface area contributed by atoms with Crippen LogP contribution in [0.1, 0.15) is 68.8 Å². The summed E-state index contributed by atoms with van der Waals surface area (Å²) in [4.78, 5) is 17.8. The molecule has 0 spiro atoms. The van der Waals surface area contributed by atoms with Crippen molar-refractivity contribution < 1.29 is 23.0 Å². The summed E-state index contributed by atoms with van der Waals surface area (Å²) in [6.07, 6.45) is 6.69. The number of ether oxygens (including phenoxy) is 2. The number of Topliss-reactive ketones (excluding diaryl/α,β-unsaturated/α-hetero) is 1. The molecule has 1 fully saturated rings. The highest BCUT2D eigenvalue weighted by molar-refractivity contribution is 6.02. The minimum absolute atomic E-state index is 0.0176. The Hall–Kier alpha value is -3.22. The first kappa shape index (κ1) is 25.9. The second-order valence-corrected chi connectivity index (χ2v) is 10.1. The Morgan fingerprint density at radius 3 is 2.67 bits per heavy atom. The third-order valence-corrected chi connectivity index (χ3v) is 6.92. The molecule has 0 amide bonds. The molecule has 3 aromatic rings. The van der Waals surface area contributed by atoms with Crippen LogP contribution >= 0.6 is 0 Å². The van der Waals surface area contributed by atoms with Gasteiger partial charge in [0.1, 0.15) is 28.4 Å². The van der Waals surface area contributed by atoms with Gasteiger partial charge >= 0.3 is 0 Å². The summed E-state index contributed by atoms with van der Waals surface area (Å²) in [6, 6.07) is 6.78. The highest BCUT2D eigenvalue weighted by Gasteiger charge is 2.29. The molecular formula is C29H34F2N2O3. The summed E-state index contributed by atoms with van der Waals surface area (Å²) in [5.74, 6) is 1.46. The molecule has 1 saturated carbocycles. The second kappa shape index (κ2) is 10.4. The normalized spacial score (nSPS) is 15.5. The number of carbonyl (C=O) groups excluding carboxylic acids is 1. The van der Waals surface area contributed by atoms with E-state index in [2.05, 4.69) is 18.5 Å². The van der Waals surface area contributed by atoms with Crippen LogP contribution in [0.25, 0.3) is 16.9 Å². The third-order valence-electron chi connectivity index (χ3n) is 6.92. The molecule has 5 nitrogen and oxygen atoms in total. The maximum Gasteiger partial charge on any atom is 0.241 e. The first-order valence-corrected chi connectivity index (χ1v) is 12.5. The fraction of sp³-hybridized carbons (Fsp3) is 0.448. The molecule has 0 aliphatic heterocycles. The van der Waals surface area contributed by atoms with Crippen LogP contribution in [0.5, 0.6) is 11.5 Å². The van der Waals surface area contributed by atoms with E-state index in [4.69, 9.17) is 9.47 Å². The van der Waals surface area contributed by atoms with Gasteiger partial charge in [0.05, 0.1) is 19.0 Å². The monoisotopic (exact) mass is 496 g/mol. The molecule has 0 N–H and O–H groups in total. The Morgan fingerprint density at radius 2 is 2.03 bits per heavy atom. The summed E-state index contributed by atoms with van der Waals surface area (Å²) in [5.41, 5.74) is 1.13. The molecule has 1 aliphatic rings. The van der Waals surface area contributed by atoms with Gasteiger partial charge in [-0.25, -0.2) is 13.8 Å². The number of aromatic nitrogens is 2. The van der Waals surface area contributed by atoms with Gasteiger partial charge in [-0.1, -0.05) is 13.0 Å². The number of pyridine rings is 1. The number of alkyl halides is 2. The van der Waals surface area contributed by atoms with Crippen LogP contribution in [0.3, 0.4) is 0 Å². The van der Waals surface area contributed by atoms with E-state index in [1.807, 2.05) is 4.40 Å². The van der Waals surface area contributed by atoms with Gasteiger partial charge in [0.2, 0.25) is 6.36 Å². The van der Waals surface area contributed by atoms with Crippen molar-refractivity contribution in [3.8, 4) is 22.8 Å². The number of hydrogen-bond donors (Lipinski definition) is 0. The minimum atomic E-state index is -1.66. The average Bonchev–Trinajstić information content (AvgIpc) is 3.60. The molecule has 7 heteroatoms. The fourth-order valence-electron chi connectivity index (χ4n) is 4.53. The average molecular weight is 497 g/mol. The number of imidazole rings is 1. The van der Waals surface area contributed by atoms with Crippen molar-refractivity contribution in [1.29, 1.82) is 0 Å². The Balaban J connectivity index is 1.74. The number of ketones is 1. The molecule has 2 heterocycles. The van der Waals surface area contributed by atoms with Crippen LogP contribution in [0, 0.1) is 11.8 Å². The van der Waals surface area contributed by atoms with E-state index in [9.17, 15) is 13.6 Å². The molecule has 1 aromatic carbocycles. The fourth-order valence-corrected chi connectivity index (χ4v) is 4.53. The van der Waals surface area contributed by atoms with Crippen molar-refractivity contribution in [3.05, 3.63) is 60.4 Å². The zero-order valence-electron chi connectivity index (χ0n) is 21.4. The van der Waals surface area contributed by atoms with Crippen LogP contribution in [-0.2, 0) is 5.67 Å². The number of halogens is 2. The maximum atomic E-state index is 14.6. The first-order valence-electron chi connectivity index (χ1n) is 12.5. The molecule has 4 rings (SSSR count). The van der Waals surface area contributed by atoms with Gasteiger partial charge < -0.3 is 9.47 Å². The molecular weight excluding hydrogens is 462 g/mol. The maximum absolute atomic E-state index is 14.6. The van der Waals surface area contributed by atoms with E-state index in [0.29, 0.717) is 46.5 Å². The lowest BCUT2D eigenvalue weighted by Crippen LogP contribution is -2.14. The van der Waals surface area contributed by atoms with E-state index >= 15 is 0 Å². The van der Waals surface area contributed by atoms with Crippen LogP contribution in [0.15, 0.2) is 49.3 Å². The summed E-state index contributed by atoms with van der Waals surface area (Å²) in [6.45, 7) is 8.73. The largest absolute Gasteiger partial charge is 0.496 e. The Kier molecular flexibility index (Phi) is 7.48. The van der Waals surface area contributed by atoms with Crippen molar-refractivity contribution >= 4 is 11.4 Å².